The molecule has 0 saturated carbocycles. The van der Waals surface area contributed by atoms with Crippen molar-refractivity contribution >= 4 is 23.0 Å². The summed E-state index contributed by atoms with van der Waals surface area (Å²) in [6, 6.07) is 5.33. The van der Waals surface area contributed by atoms with E-state index >= 15 is 0 Å². The van der Waals surface area contributed by atoms with Gasteiger partial charge < -0.3 is 9.47 Å². The number of carbonyl (C=O) groups is 1. The van der Waals surface area contributed by atoms with Gasteiger partial charge in [0.05, 0.1) is 29.8 Å². The minimum absolute atomic E-state index is 0.0659. The predicted octanol–water partition coefficient (Wildman–Crippen LogP) is 2.31. The summed E-state index contributed by atoms with van der Waals surface area (Å²) in [6.07, 6.45) is 5.46. The number of nitrogens with zero attached hydrogens (tertiary/aromatic N) is 8. The van der Waals surface area contributed by atoms with Gasteiger partial charge >= 0.3 is 0 Å². The molecule has 0 N–H and O–H groups in total. The Morgan fingerprint density at radius 3 is 2.59 bits per heavy atom. The van der Waals surface area contributed by atoms with Crippen LogP contribution in [0.1, 0.15) is 35.4 Å². The summed E-state index contributed by atoms with van der Waals surface area (Å²) in [5, 5.41) is 22.1. The normalized spacial score (nSPS) is 13.0. The first-order valence-electron chi connectivity index (χ1n) is 10.3. The van der Waals surface area contributed by atoms with E-state index in [1.54, 1.807) is 37.1 Å². The second-order valence-electron chi connectivity index (χ2n) is 7.54. The lowest BCUT2D eigenvalue weighted by Gasteiger charge is -2.24. The quantitative estimate of drug-likeness (QED) is 0.353. The molecule has 0 unspecified atom stereocenters. The Morgan fingerprint density at radius 2 is 1.91 bits per heavy atom. The second-order valence-corrected chi connectivity index (χ2v) is 7.93. The van der Waals surface area contributed by atoms with Gasteiger partial charge in [-0.1, -0.05) is 11.6 Å². The molecule has 0 fully saturated rings. The summed E-state index contributed by atoms with van der Waals surface area (Å²) >= 11 is 6.11. The molecule has 174 valence electrons. The van der Waals surface area contributed by atoms with Gasteiger partial charge in [0.2, 0.25) is 0 Å². The molecular formula is C22H21ClN8O3. The molecule has 2 atom stereocenters. The highest BCUT2D eigenvalue weighted by atomic mass is 35.5. The number of Topliss-reactive ketones (excluding diaryl/α,β-unsaturated/α-hetero) is 1. The SMILES string of the molecule is CO[C@@H](C)[C@H](OC)c1c(CC(=O)Cc2cnc(-n3nccn3)c(C#N)c2)cnc2cc(Cl)nn12. The van der Waals surface area contributed by atoms with E-state index in [1.165, 1.54) is 23.4 Å². The molecular weight excluding hydrogens is 460 g/mol. The third-order valence-corrected chi connectivity index (χ3v) is 5.52. The van der Waals surface area contributed by atoms with Crippen molar-refractivity contribution in [3.8, 4) is 11.9 Å². The van der Waals surface area contributed by atoms with Crippen LogP contribution in [0.4, 0.5) is 0 Å². The summed E-state index contributed by atoms with van der Waals surface area (Å²) in [7, 11) is 3.15. The number of carbonyl (C=O) groups excluding carboxylic acids is 1. The largest absolute Gasteiger partial charge is 0.379 e. The van der Waals surface area contributed by atoms with E-state index in [9.17, 15) is 10.1 Å². The van der Waals surface area contributed by atoms with Gasteiger partial charge in [0.1, 0.15) is 18.0 Å². The van der Waals surface area contributed by atoms with Crippen LogP contribution in [0.5, 0.6) is 0 Å². The number of ether oxygens (including phenoxy) is 2. The van der Waals surface area contributed by atoms with Crippen molar-refractivity contribution in [1.82, 2.24) is 34.6 Å². The lowest BCUT2D eigenvalue weighted by molar-refractivity contribution is -0.117. The monoisotopic (exact) mass is 480 g/mol. The summed E-state index contributed by atoms with van der Waals surface area (Å²) in [5.41, 5.74) is 2.68. The van der Waals surface area contributed by atoms with Crippen LogP contribution in [-0.2, 0) is 27.1 Å². The predicted molar refractivity (Wildman–Crippen MR) is 121 cm³/mol. The van der Waals surface area contributed by atoms with Gasteiger partial charge in [0.25, 0.3) is 0 Å². The van der Waals surface area contributed by atoms with Gasteiger partial charge in [0.15, 0.2) is 16.6 Å². The number of hydrogen-bond acceptors (Lipinski definition) is 9. The third kappa shape index (κ3) is 4.65. The van der Waals surface area contributed by atoms with Crippen LogP contribution in [0.15, 0.2) is 36.9 Å². The van der Waals surface area contributed by atoms with E-state index in [2.05, 4.69) is 31.3 Å². The minimum Gasteiger partial charge on any atom is -0.379 e. The maximum Gasteiger partial charge on any atom is 0.192 e. The molecule has 4 rings (SSSR count). The Labute approximate surface area is 199 Å². The highest BCUT2D eigenvalue weighted by Crippen LogP contribution is 2.28. The number of nitriles is 1. The summed E-state index contributed by atoms with van der Waals surface area (Å²) < 4.78 is 12.8. The fourth-order valence-corrected chi connectivity index (χ4v) is 3.89. The van der Waals surface area contributed by atoms with Crippen molar-refractivity contribution in [3.05, 3.63) is 64.5 Å². The van der Waals surface area contributed by atoms with Crippen molar-refractivity contribution in [2.45, 2.75) is 32.0 Å². The molecule has 0 aliphatic rings. The van der Waals surface area contributed by atoms with Gasteiger partial charge in [-0.25, -0.2) is 14.5 Å². The van der Waals surface area contributed by atoms with E-state index in [4.69, 9.17) is 21.1 Å². The zero-order valence-corrected chi connectivity index (χ0v) is 19.5. The summed E-state index contributed by atoms with van der Waals surface area (Å²) in [6.45, 7) is 1.86. The van der Waals surface area contributed by atoms with Crippen LogP contribution in [0.3, 0.4) is 0 Å². The number of halogens is 1. The first-order valence-corrected chi connectivity index (χ1v) is 10.7. The molecule has 0 aromatic carbocycles. The molecule has 12 heteroatoms. The molecule has 4 aromatic rings. The minimum atomic E-state index is -0.512. The fourth-order valence-electron chi connectivity index (χ4n) is 3.71. The molecule has 4 heterocycles. The van der Waals surface area contributed by atoms with E-state index < -0.39 is 6.10 Å². The van der Waals surface area contributed by atoms with Gasteiger partial charge in [0, 0.05) is 51.1 Å². The van der Waals surface area contributed by atoms with Crippen molar-refractivity contribution in [1.29, 1.82) is 5.26 Å². The van der Waals surface area contributed by atoms with Gasteiger partial charge in [-0.05, 0) is 18.6 Å². The van der Waals surface area contributed by atoms with Crippen LogP contribution < -0.4 is 0 Å². The standard InChI is InChI=1S/C22H21ClN8O3/c1-13(33-2)21(34-3)20-16(12-25-19-9-18(23)29-30(19)20)8-17(32)7-14-6-15(10-24)22(26-11-14)31-27-4-5-28-31/h4-6,9,11-13,21H,7-8H2,1-3H3/t13-,21-/m0/s1. The molecule has 11 nitrogen and oxygen atoms in total. The molecule has 0 radical (unpaired) electrons. The Morgan fingerprint density at radius 1 is 1.15 bits per heavy atom. The van der Waals surface area contributed by atoms with Crippen molar-refractivity contribution in [3.63, 3.8) is 0 Å². The molecule has 0 amide bonds. The smallest absolute Gasteiger partial charge is 0.192 e. The lowest BCUT2D eigenvalue weighted by atomic mass is 9.99. The zero-order valence-electron chi connectivity index (χ0n) is 18.7. The second kappa shape index (κ2) is 10.0. The lowest BCUT2D eigenvalue weighted by Crippen LogP contribution is -2.25. The van der Waals surface area contributed by atoms with Gasteiger partial charge in [-0.2, -0.15) is 20.6 Å². The van der Waals surface area contributed by atoms with Crippen LogP contribution in [0.25, 0.3) is 11.5 Å². The van der Waals surface area contributed by atoms with E-state index in [1.807, 2.05) is 6.92 Å². The van der Waals surface area contributed by atoms with Crippen molar-refractivity contribution in [2.75, 3.05) is 14.2 Å². The maximum absolute atomic E-state index is 13.0. The average molecular weight is 481 g/mol. The number of fused-ring (bicyclic) bond motifs is 1. The van der Waals surface area contributed by atoms with E-state index in [0.29, 0.717) is 28.3 Å². The van der Waals surface area contributed by atoms with Crippen LogP contribution >= 0.6 is 11.6 Å². The Balaban J connectivity index is 1.63. The van der Waals surface area contributed by atoms with Crippen LogP contribution in [0, 0.1) is 11.3 Å². The first-order chi connectivity index (χ1) is 16.4. The Bertz CT molecular complexity index is 1360. The zero-order chi connectivity index (χ0) is 24.2. The molecule has 4 aromatic heterocycles. The van der Waals surface area contributed by atoms with Gasteiger partial charge in [-0.15, -0.1) is 4.80 Å². The first kappa shape index (κ1) is 23.4. The number of ketones is 1. The Hall–Kier alpha value is -3.72. The maximum atomic E-state index is 13.0. The number of aromatic nitrogens is 7. The molecule has 0 saturated heterocycles. The highest BCUT2D eigenvalue weighted by Gasteiger charge is 2.27. The van der Waals surface area contributed by atoms with Crippen molar-refractivity contribution in [2.24, 2.45) is 0 Å². The topological polar surface area (TPSA) is 133 Å². The van der Waals surface area contributed by atoms with E-state index in [0.717, 1.165) is 0 Å². The molecule has 0 aliphatic heterocycles. The summed E-state index contributed by atoms with van der Waals surface area (Å²) in [4.78, 5) is 23.0. The molecule has 0 bridgehead atoms. The van der Waals surface area contributed by atoms with Crippen molar-refractivity contribution < 1.29 is 14.3 Å². The van der Waals surface area contributed by atoms with Gasteiger partial charge in [-0.3, -0.25) is 4.79 Å². The molecule has 0 aliphatic carbocycles. The molecule has 34 heavy (non-hydrogen) atoms. The third-order valence-electron chi connectivity index (χ3n) is 5.33. The highest BCUT2D eigenvalue weighted by molar-refractivity contribution is 6.29. The fraction of sp³-hybridized carbons (Fsp3) is 0.318. The number of rotatable bonds is 9. The van der Waals surface area contributed by atoms with E-state index in [-0.39, 0.29) is 35.4 Å². The average Bonchev–Trinajstić information content (AvgIpc) is 3.49. The Kier molecular flexibility index (Phi) is 6.93. The number of methoxy groups -OCH3 is 2. The molecule has 0 spiro atoms. The van der Waals surface area contributed by atoms with Crippen LogP contribution in [0.2, 0.25) is 5.15 Å². The summed E-state index contributed by atoms with van der Waals surface area (Å²) in [5.74, 6) is 0.198. The van der Waals surface area contributed by atoms with Crippen LogP contribution in [-0.4, -0.2) is 60.7 Å². The number of pyridine rings is 1. The number of hydrogen-bond donors (Lipinski definition) is 0.